The molecule has 0 bridgehead atoms. The smallest absolute Gasteiger partial charge is 0.323 e. The van der Waals surface area contributed by atoms with Gasteiger partial charge in [0.2, 0.25) is 10.0 Å². The van der Waals surface area contributed by atoms with Crippen molar-refractivity contribution in [3.8, 4) is 0 Å². The zero-order valence-corrected chi connectivity index (χ0v) is 12.6. The second-order valence-electron chi connectivity index (χ2n) is 4.79. The molecule has 0 aliphatic carbocycles. The van der Waals surface area contributed by atoms with E-state index in [4.69, 9.17) is 5.11 Å². The first-order chi connectivity index (χ1) is 9.35. The third kappa shape index (κ3) is 4.61. The minimum absolute atomic E-state index is 0.340. The van der Waals surface area contributed by atoms with E-state index < -0.39 is 21.2 Å². The molecule has 0 aromatic heterocycles. The number of hydrogen-bond acceptors (Lipinski definition) is 3. The first-order valence-corrected chi connectivity index (χ1v) is 8.08. The van der Waals surface area contributed by atoms with Gasteiger partial charge in [-0.25, -0.2) is 12.7 Å². The lowest BCUT2D eigenvalue weighted by atomic mass is 10.1. The number of nitrogens with zero attached hydrogens (tertiary/aromatic N) is 1. The Morgan fingerprint density at radius 2 is 1.85 bits per heavy atom. The number of unbranched alkanes of at least 4 members (excludes halogenated alkanes) is 1. The van der Waals surface area contributed by atoms with Gasteiger partial charge >= 0.3 is 5.97 Å². The van der Waals surface area contributed by atoms with Gasteiger partial charge in [0.15, 0.2) is 5.25 Å². The third-order valence-corrected chi connectivity index (χ3v) is 5.41. The number of sulfonamides is 1. The summed E-state index contributed by atoms with van der Waals surface area (Å²) in [5.41, 5.74) is 1.22. The molecule has 0 radical (unpaired) electrons. The maximum atomic E-state index is 11.9. The Morgan fingerprint density at radius 3 is 2.40 bits per heavy atom. The first kappa shape index (κ1) is 16.7. The molecule has 1 atom stereocenters. The molecule has 0 saturated heterocycles. The van der Waals surface area contributed by atoms with E-state index in [1.54, 1.807) is 0 Å². The van der Waals surface area contributed by atoms with Gasteiger partial charge in [-0.1, -0.05) is 30.3 Å². The highest BCUT2D eigenvalue weighted by atomic mass is 32.2. The second kappa shape index (κ2) is 7.40. The van der Waals surface area contributed by atoms with Gasteiger partial charge in [-0.05, 0) is 31.7 Å². The summed E-state index contributed by atoms with van der Waals surface area (Å²) < 4.78 is 24.9. The molecule has 0 aliphatic rings. The monoisotopic (exact) mass is 299 g/mol. The van der Waals surface area contributed by atoms with Gasteiger partial charge < -0.3 is 5.11 Å². The normalized spacial score (nSPS) is 13.3. The largest absolute Gasteiger partial charge is 0.480 e. The van der Waals surface area contributed by atoms with E-state index in [-0.39, 0.29) is 0 Å². The topological polar surface area (TPSA) is 74.7 Å². The van der Waals surface area contributed by atoms with Crippen LogP contribution in [0.15, 0.2) is 30.3 Å². The van der Waals surface area contributed by atoms with Crippen molar-refractivity contribution in [1.82, 2.24) is 4.31 Å². The summed E-state index contributed by atoms with van der Waals surface area (Å²) in [5, 5.41) is 7.38. The molecule has 0 fully saturated rings. The van der Waals surface area contributed by atoms with E-state index in [9.17, 15) is 13.2 Å². The fourth-order valence-corrected chi connectivity index (χ4v) is 3.01. The fraction of sp³-hybridized carbons (Fsp3) is 0.500. The van der Waals surface area contributed by atoms with Gasteiger partial charge in [0.1, 0.15) is 0 Å². The lowest BCUT2D eigenvalue weighted by Crippen LogP contribution is -2.39. The molecule has 1 N–H and O–H groups in total. The van der Waals surface area contributed by atoms with Gasteiger partial charge in [0.05, 0.1) is 0 Å². The first-order valence-electron chi connectivity index (χ1n) is 6.57. The van der Waals surface area contributed by atoms with Gasteiger partial charge in [0, 0.05) is 13.6 Å². The van der Waals surface area contributed by atoms with Crippen LogP contribution in [0.2, 0.25) is 0 Å². The number of aliphatic carboxylic acids is 1. The number of carboxylic acid groups (broad SMARTS) is 1. The molecule has 112 valence electrons. The predicted molar refractivity (Wildman–Crippen MR) is 78.0 cm³/mol. The van der Waals surface area contributed by atoms with Crippen LogP contribution in [0.3, 0.4) is 0 Å². The lowest BCUT2D eigenvalue weighted by Gasteiger charge is -2.19. The number of aryl methyl sites for hydroxylation is 1. The number of carbonyl (C=O) groups is 1. The van der Waals surface area contributed by atoms with Crippen LogP contribution in [-0.4, -0.2) is 42.6 Å². The van der Waals surface area contributed by atoms with Gasteiger partial charge in [-0.2, -0.15) is 0 Å². The minimum Gasteiger partial charge on any atom is -0.480 e. The minimum atomic E-state index is -3.75. The summed E-state index contributed by atoms with van der Waals surface area (Å²) in [4.78, 5) is 10.8. The molecule has 0 aliphatic heterocycles. The molecule has 5 nitrogen and oxygen atoms in total. The van der Waals surface area contributed by atoms with Gasteiger partial charge in [0.25, 0.3) is 0 Å². The summed E-state index contributed by atoms with van der Waals surface area (Å²) in [6.07, 6.45) is 2.46. The van der Waals surface area contributed by atoms with Crippen LogP contribution in [0.1, 0.15) is 25.3 Å². The number of hydrogen-bond donors (Lipinski definition) is 1. The molecule has 0 saturated carbocycles. The van der Waals surface area contributed by atoms with E-state index in [2.05, 4.69) is 0 Å². The maximum absolute atomic E-state index is 11.9. The second-order valence-corrected chi connectivity index (χ2v) is 7.15. The van der Waals surface area contributed by atoms with Gasteiger partial charge in [-0.15, -0.1) is 0 Å². The molecular weight excluding hydrogens is 278 g/mol. The Kier molecular flexibility index (Phi) is 6.16. The maximum Gasteiger partial charge on any atom is 0.323 e. The SMILES string of the molecule is CC(C(=O)O)S(=O)(=O)N(C)CCCCc1ccccc1. The van der Waals surface area contributed by atoms with Crippen LogP contribution in [0.5, 0.6) is 0 Å². The van der Waals surface area contributed by atoms with E-state index in [0.717, 1.165) is 17.1 Å². The standard InChI is InChI=1S/C14H21NO4S/c1-12(14(16)17)20(18,19)15(2)11-7-6-10-13-8-4-3-5-9-13/h3-5,8-9,12H,6-7,10-11H2,1-2H3,(H,16,17). The highest BCUT2D eigenvalue weighted by molar-refractivity contribution is 7.90. The molecule has 1 rings (SSSR count). The predicted octanol–water partition coefficient (Wildman–Crippen LogP) is 1.74. The van der Waals surface area contributed by atoms with Crippen LogP contribution in [-0.2, 0) is 21.2 Å². The van der Waals surface area contributed by atoms with Crippen molar-refractivity contribution in [2.24, 2.45) is 0 Å². The van der Waals surface area contributed by atoms with Crippen molar-refractivity contribution in [2.75, 3.05) is 13.6 Å². The molecule has 0 spiro atoms. The van der Waals surface area contributed by atoms with Crippen LogP contribution in [0, 0.1) is 0 Å². The Hall–Kier alpha value is -1.40. The zero-order valence-electron chi connectivity index (χ0n) is 11.8. The Morgan fingerprint density at radius 1 is 1.25 bits per heavy atom. The Labute approximate surface area is 120 Å². The van der Waals surface area contributed by atoms with Crippen molar-refractivity contribution in [3.63, 3.8) is 0 Å². The third-order valence-electron chi connectivity index (χ3n) is 3.26. The molecule has 0 heterocycles. The molecule has 1 aromatic rings. The summed E-state index contributed by atoms with van der Waals surface area (Å²) in [6, 6.07) is 9.97. The van der Waals surface area contributed by atoms with Crippen molar-refractivity contribution in [1.29, 1.82) is 0 Å². The van der Waals surface area contributed by atoms with Crippen LogP contribution < -0.4 is 0 Å². The summed E-state index contributed by atoms with van der Waals surface area (Å²) >= 11 is 0. The fourth-order valence-electron chi connectivity index (χ4n) is 1.83. The number of rotatable bonds is 8. The van der Waals surface area contributed by atoms with E-state index >= 15 is 0 Å². The van der Waals surface area contributed by atoms with Gasteiger partial charge in [-0.3, -0.25) is 4.79 Å². The Balaban J connectivity index is 2.40. The van der Waals surface area contributed by atoms with Crippen molar-refractivity contribution >= 4 is 16.0 Å². The van der Waals surface area contributed by atoms with Crippen molar-refractivity contribution in [2.45, 2.75) is 31.4 Å². The molecule has 20 heavy (non-hydrogen) atoms. The molecule has 1 aromatic carbocycles. The quantitative estimate of drug-likeness (QED) is 0.742. The van der Waals surface area contributed by atoms with E-state index in [0.29, 0.717) is 13.0 Å². The summed E-state index contributed by atoms with van der Waals surface area (Å²) in [7, 11) is -2.32. The molecular formula is C14H21NO4S. The molecule has 0 amide bonds. The summed E-state index contributed by atoms with van der Waals surface area (Å²) in [5.74, 6) is -1.32. The Bertz CT molecular complexity index is 527. The van der Waals surface area contributed by atoms with Crippen LogP contribution >= 0.6 is 0 Å². The van der Waals surface area contributed by atoms with Crippen molar-refractivity contribution in [3.05, 3.63) is 35.9 Å². The number of carboxylic acids is 1. The molecule has 1 unspecified atom stereocenters. The number of benzene rings is 1. The average molecular weight is 299 g/mol. The van der Waals surface area contributed by atoms with Crippen LogP contribution in [0.25, 0.3) is 0 Å². The molecule has 6 heteroatoms. The average Bonchev–Trinajstić information content (AvgIpc) is 2.43. The highest BCUT2D eigenvalue weighted by Crippen LogP contribution is 2.10. The lowest BCUT2D eigenvalue weighted by molar-refractivity contribution is -0.136. The van der Waals surface area contributed by atoms with E-state index in [1.807, 2.05) is 30.3 Å². The van der Waals surface area contributed by atoms with Crippen LogP contribution in [0.4, 0.5) is 0 Å². The van der Waals surface area contributed by atoms with E-state index in [1.165, 1.54) is 19.5 Å². The van der Waals surface area contributed by atoms with Crippen molar-refractivity contribution < 1.29 is 18.3 Å². The highest BCUT2D eigenvalue weighted by Gasteiger charge is 2.31. The zero-order chi connectivity index (χ0) is 15.2. The summed E-state index contributed by atoms with van der Waals surface area (Å²) in [6.45, 7) is 1.53.